The van der Waals surface area contributed by atoms with Crippen LogP contribution in [0.1, 0.15) is 46.9 Å². The van der Waals surface area contributed by atoms with Gasteiger partial charge in [-0.3, -0.25) is 0 Å². The van der Waals surface area contributed by atoms with Crippen molar-refractivity contribution in [3.63, 3.8) is 0 Å². The molecule has 0 aromatic carbocycles. The Kier molecular flexibility index (Phi) is 19.8. The summed E-state index contributed by atoms with van der Waals surface area (Å²) in [7, 11) is 0. The second kappa shape index (κ2) is 13.6. The summed E-state index contributed by atoms with van der Waals surface area (Å²) in [5, 5.41) is 8.42. The van der Waals surface area contributed by atoms with Crippen LogP contribution in [0.25, 0.3) is 0 Å². The van der Waals surface area contributed by atoms with E-state index in [1.54, 1.807) is 0 Å². The van der Waals surface area contributed by atoms with E-state index in [2.05, 4.69) is 6.92 Å². The van der Waals surface area contributed by atoms with Gasteiger partial charge in [0, 0.05) is 6.61 Å². The fraction of sp³-hybridized carbons (Fsp3) is 1.00. The summed E-state index contributed by atoms with van der Waals surface area (Å²) in [4.78, 5) is 0. The van der Waals surface area contributed by atoms with Gasteiger partial charge in [0.05, 0.1) is 0 Å². The molecule has 0 spiro atoms. The molecule has 0 amide bonds. The summed E-state index contributed by atoms with van der Waals surface area (Å²) in [5.74, 6) is 0. The first-order valence-corrected chi connectivity index (χ1v) is 4.02. The zero-order valence-electron chi connectivity index (χ0n) is 8.40. The molecule has 0 aromatic rings. The third kappa shape index (κ3) is 12.7. The molecular formula is C8H19CsO. The molecule has 0 heterocycles. The van der Waals surface area contributed by atoms with Crippen LogP contribution in [0.15, 0.2) is 0 Å². The van der Waals surface area contributed by atoms with Crippen molar-refractivity contribution in [2.75, 3.05) is 6.61 Å². The maximum absolute atomic E-state index is 8.42. The minimum atomic E-state index is 0. The standard InChI is InChI=1S/C8H18O.Cs.H/c1-2-3-4-5-6-7-8-9;;/h9H,2-8H2,1H3;;/q;+1;-1. The van der Waals surface area contributed by atoms with Gasteiger partial charge in [-0.1, -0.05) is 39.0 Å². The molecule has 0 atom stereocenters. The van der Waals surface area contributed by atoms with Crippen molar-refractivity contribution in [1.82, 2.24) is 0 Å². The van der Waals surface area contributed by atoms with E-state index in [0.717, 1.165) is 6.42 Å². The van der Waals surface area contributed by atoms with Gasteiger partial charge in [-0.15, -0.1) is 0 Å². The summed E-state index contributed by atoms with van der Waals surface area (Å²) in [6.07, 6.45) is 7.50. The third-order valence-corrected chi connectivity index (χ3v) is 1.51. The van der Waals surface area contributed by atoms with Crippen LogP contribution in [-0.2, 0) is 0 Å². The van der Waals surface area contributed by atoms with E-state index < -0.39 is 0 Å². The topological polar surface area (TPSA) is 20.2 Å². The Morgan fingerprint density at radius 1 is 1.00 bits per heavy atom. The summed E-state index contributed by atoms with van der Waals surface area (Å²) < 4.78 is 0. The van der Waals surface area contributed by atoms with Gasteiger partial charge in [0.25, 0.3) is 0 Å². The van der Waals surface area contributed by atoms with Crippen molar-refractivity contribution in [2.24, 2.45) is 0 Å². The van der Waals surface area contributed by atoms with E-state index in [0.29, 0.717) is 6.61 Å². The quantitative estimate of drug-likeness (QED) is 0.639. The summed E-state index contributed by atoms with van der Waals surface area (Å²) >= 11 is 0. The number of unbranched alkanes of at least 4 members (excludes halogenated alkanes) is 5. The van der Waals surface area contributed by atoms with Crippen molar-refractivity contribution < 1.29 is 75.4 Å². The number of hydrogen-bond donors (Lipinski definition) is 1. The molecule has 1 N–H and O–H groups in total. The number of aliphatic hydroxyl groups is 1. The molecule has 0 bridgehead atoms. The Labute approximate surface area is 125 Å². The zero-order chi connectivity index (χ0) is 6.95. The Morgan fingerprint density at radius 3 is 2.00 bits per heavy atom. The Hall–Kier alpha value is 2.01. The summed E-state index contributed by atoms with van der Waals surface area (Å²) in [6.45, 7) is 2.58. The van der Waals surface area contributed by atoms with Crippen molar-refractivity contribution in [1.29, 1.82) is 0 Å². The first kappa shape index (κ1) is 14.5. The number of aliphatic hydroxyl groups excluding tert-OH is 1. The van der Waals surface area contributed by atoms with Crippen molar-refractivity contribution >= 4 is 0 Å². The van der Waals surface area contributed by atoms with Gasteiger partial charge in [-0.2, -0.15) is 0 Å². The van der Waals surface area contributed by atoms with Crippen LogP contribution in [0.3, 0.4) is 0 Å². The molecule has 58 valence electrons. The molecule has 0 saturated heterocycles. The predicted molar refractivity (Wildman–Crippen MR) is 41.6 cm³/mol. The van der Waals surface area contributed by atoms with E-state index in [1.165, 1.54) is 32.1 Å². The molecule has 0 aliphatic heterocycles. The molecule has 0 unspecified atom stereocenters. The second-order valence-corrected chi connectivity index (χ2v) is 2.49. The predicted octanol–water partition coefficient (Wildman–Crippen LogP) is -0.544. The van der Waals surface area contributed by atoms with Crippen LogP contribution in [0.5, 0.6) is 0 Å². The van der Waals surface area contributed by atoms with Gasteiger partial charge in [0.1, 0.15) is 0 Å². The SMILES string of the molecule is CCCCCCCCO.[Cs+].[H-]. The van der Waals surface area contributed by atoms with Crippen LogP contribution in [0, 0.1) is 0 Å². The molecule has 0 rings (SSSR count). The largest absolute Gasteiger partial charge is 1.00 e. The molecule has 0 aromatic heterocycles. The fourth-order valence-corrected chi connectivity index (χ4v) is 0.892. The molecule has 0 aliphatic rings. The molecule has 0 aliphatic carbocycles. The van der Waals surface area contributed by atoms with Gasteiger partial charge in [-0.25, -0.2) is 0 Å². The summed E-state index contributed by atoms with van der Waals surface area (Å²) in [5.41, 5.74) is 0. The molecule has 0 fully saturated rings. The van der Waals surface area contributed by atoms with Gasteiger partial charge in [0.15, 0.2) is 0 Å². The molecule has 10 heavy (non-hydrogen) atoms. The van der Waals surface area contributed by atoms with Gasteiger partial charge in [-0.05, 0) is 6.42 Å². The average Bonchev–Trinajstić information content (AvgIpc) is 1.89. The van der Waals surface area contributed by atoms with Gasteiger partial charge in [0.2, 0.25) is 0 Å². The average molecular weight is 264 g/mol. The zero-order valence-corrected chi connectivity index (χ0v) is 13.7. The van der Waals surface area contributed by atoms with E-state index in [1.807, 2.05) is 0 Å². The Bertz CT molecular complexity index is 47.4. The van der Waals surface area contributed by atoms with Gasteiger partial charge >= 0.3 is 68.9 Å². The summed E-state index contributed by atoms with van der Waals surface area (Å²) in [6, 6.07) is 0. The van der Waals surface area contributed by atoms with Gasteiger partial charge < -0.3 is 6.53 Å². The molecule has 1 nitrogen and oxygen atoms in total. The maximum Gasteiger partial charge on any atom is 1.00 e. The van der Waals surface area contributed by atoms with E-state index >= 15 is 0 Å². The smallest absolute Gasteiger partial charge is 1.00 e. The van der Waals surface area contributed by atoms with E-state index in [-0.39, 0.29) is 70.3 Å². The van der Waals surface area contributed by atoms with E-state index in [4.69, 9.17) is 5.11 Å². The molecule has 2 heteroatoms. The monoisotopic (exact) mass is 264 g/mol. The first-order valence-electron chi connectivity index (χ1n) is 4.02. The Balaban J connectivity index is -0.000000320. The third-order valence-electron chi connectivity index (χ3n) is 1.51. The number of hydrogen-bond acceptors (Lipinski definition) is 1. The minimum absolute atomic E-state index is 0. The molecular weight excluding hydrogens is 245 g/mol. The van der Waals surface area contributed by atoms with Crippen LogP contribution in [0.2, 0.25) is 0 Å². The van der Waals surface area contributed by atoms with Crippen LogP contribution >= 0.6 is 0 Å². The maximum atomic E-state index is 8.42. The fourth-order valence-electron chi connectivity index (χ4n) is 0.892. The van der Waals surface area contributed by atoms with Crippen LogP contribution in [0.4, 0.5) is 0 Å². The van der Waals surface area contributed by atoms with Crippen LogP contribution < -0.4 is 68.9 Å². The van der Waals surface area contributed by atoms with Crippen molar-refractivity contribution in [3.8, 4) is 0 Å². The van der Waals surface area contributed by atoms with Crippen molar-refractivity contribution in [3.05, 3.63) is 0 Å². The van der Waals surface area contributed by atoms with E-state index in [9.17, 15) is 0 Å². The van der Waals surface area contributed by atoms with Crippen LogP contribution in [-0.4, -0.2) is 11.7 Å². The van der Waals surface area contributed by atoms with Crippen molar-refractivity contribution in [2.45, 2.75) is 45.4 Å². The molecule has 0 radical (unpaired) electrons. The normalized spacial score (nSPS) is 9.00. The second-order valence-electron chi connectivity index (χ2n) is 2.49. The number of rotatable bonds is 6. The first-order chi connectivity index (χ1) is 4.41. The Morgan fingerprint density at radius 2 is 1.50 bits per heavy atom. The molecule has 0 saturated carbocycles. The minimum Gasteiger partial charge on any atom is -1.00 e.